The molecule has 0 amide bonds. The number of ketones is 1. The van der Waals surface area contributed by atoms with Crippen LogP contribution in [0.3, 0.4) is 0 Å². The first-order valence-electron chi connectivity index (χ1n) is 11.0. The van der Waals surface area contributed by atoms with Gasteiger partial charge >= 0.3 is 0 Å². The van der Waals surface area contributed by atoms with E-state index in [0.29, 0.717) is 5.78 Å². The first kappa shape index (κ1) is 23.4. The SMILES string of the molecule is CCCCCCC=CCCC(=O)CCCCCCCCCCCC. The highest BCUT2D eigenvalue weighted by atomic mass is 16.1. The normalized spacial score (nSPS) is 11.4. The molecule has 0 aromatic carbocycles. The molecule has 0 heterocycles. The van der Waals surface area contributed by atoms with Crippen LogP contribution in [-0.2, 0) is 4.79 Å². The van der Waals surface area contributed by atoms with Crippen LogP contribution >= 0.6 is 0 Å². The predicted octanol–water partition coefficient (Wildman–Crippen LogP) is 8.17. The maximum absolute atomic E-state index is 11.8. The highest BCUT2D eigenvalue weighted by Gasteiger charge is 2.00. The van der Waals surface area contributed by atoms with E-state index < -0.39 is 0 Å². The summed E-state index contributed by atoms with van der Waals surface area (Å²) in [7, 11) is 0. The van der Waals surface area contributed by atoms with E-state index in [1.807, 2.05) is 0 Å². The minimum atomic E-state index is 0.463. The van der Waals surface area contributed by atoms with Gasteiger partial charge in [-0.25, -0.2) is 0 Å². The van der Waals surface area contributed by atoms with Gasteiger partial charge in [0.25, 0.3) is 0 Å². The molecule has 0 N–H and O–H groups in total. The zero-order valence-corrected chi connectivity index (χ0v) is 16.8. The lowest BCUT2D eigenvalue weighted by molar-refractivity contribution is -0.119. The summed E-state index contributed by atoms with van der Waals surface area (Å²) < 4.78 is 0. The summed E-state index contributed by atoms with van der Waals surface area (Å²) in [6.45, 7) is 4.52. The molecule has 0 aliphatic carbocycles. The van der Waals surface area contributed by atoms with Crippen molar-refractivity contribution in [1.29, 1.82) is 0 Å². The number of hydrogen-bond acceptors (Lipinski definition) is 1. The highest BCUT2D eigenvalue weighted by Crippen LogP contribution is 2.12. The van der Waals surface area contributed by atoms with Gasteiger partial charge < -0.3 is 0 Å². The van der Waals surface area contributed by atoms with E-state index in [1.54, 1.807) is 0 Å². The summed E-state index contributed by atoms with van der Waals surface area (Å²) in [5.41, 5.74) is 0. The Morgan fingerprint density at radius 3 is 1.58 bits per heavy atom. The van der Waals surface area contributed by atoms with Crippen LogP contribution in [0.15, 0.2) is 12.2 Å². The van der Waals surface area contributed by atoms with E-state index in [-0.39, 0.29) is 0 Å². The molecule has 0 rings (SSSR count). The summed E-state index contributed by atoms with van der Waals surface area (Å²) in [5, 5.41) is 0. The summed E-state index contributed by atoms with van der Waals surface area (Å²) in [5.74, 6) is 0.463. The van der Waals surface area contributed by atoms with E-state index in [9.17, 15) is 4.79 Å². The fourth-order valence-corrected chi connectivity index (χ4v) is 3.10. The first-order valence-corrected chi connectivity index (χ1v) is 11.0. The van der Waals surface area contributed by atoms with E-state index in [1.165, 1.54) is 89.9 Å². The third-order valence-corrected chi connectivity index (χ3v) is 4.79. The molecule has 0 bridgehead atoms. The highest BCUT2D eigenvalue weighted by molar-refractivity contribution is 5.78. The van der Waals surface area contributed by atoms with Crippen LogP contribution in [0.25, 0.3) is 0 Å². The molecule has 1 heteroatoms. The lowest BCUT2D eigenvalue weighted by Gasteiger charge is -2.02. The van der Waals surface area contributed by atoms with Gasteiger partial charge in [0.05, 0.1) is 0 Å². The van der Waals surface area contributed by atoms with Gasteiger partial charge in [0.15, 0.2) is 0 Å². The molecule has 0 aromatic rings. The average Bonchev–Trinajstić information content (AvgIpc) is 2.59. The lowest BCUT2D eigenvalue weighted by atomic mass is 10.0. The number of hydrogen-bond donors (Lipinski definition) is 0. The Bertz CT molecular complexity index is 280. The standard InChI is InChI=1S/C23H44O/c1-3-5-7-9-11-13-14-16-18-20-22-23(24)21-19-17-15-12-10-8-6-4-2/h15,17H,3-14,16,18-22H2,1-2H3. The molecule has 0 aliphatic heterocycles. The van der Waals surface area contributed by atoms with Crippen molar-refractivity contribution in [3.05, 3.63) is 12.2 Å². The van der Waals surface area contributed by atoms with Gasteiger partial charge in [0, 0.05) is 12.8 Å². The molecular weight excluding hydrogens is 292 g/mol. The second kappa shape index (κ2) is 20.5. The van der Waals surface area contributed by atoms with Gasteiger partial charge in [0.1, 0.15) is 5.78 Å². The van der Waals surface area contributed by atoms with Gasteiger partial charge in [-0.3, -0.25) is 4.79 Å². The summed E-state index contributed by atoms with van der Waals surface area (Å²) in [6.07, 6.45) is 26.9. The lowest BCUT2D eigenvalue weighted by Crippen LogP contribution is -1.96. The molecule has 142 valence electrons. The van der Waals surface area contributed by atoms with Gasteiger partial charge in [-0.15, -0.1) is 0 Å². The third kappa shape index (κ3) is 19.5. The van der Waals surface area contributed by atoms with Gasteiger partial charge in [-0.1, -0.05) is 103 Å². The van der Waals surface area contributed by atoms with Crippen molar-refractivity contribution in [2.24, 2.45) is 0 Å². The maximum atomic E-state index is 11.8. The van der Waals surface area contributed by atoms with Crippen LogP contribution < -0.4 is 0 Å². The molecule has 0 atom stereocenters. The molecule has 0 aromatic heterocycles. The molecule has 0 aliphatic rings. The van der Waals surface area contributed by atoms with Gasteiger partial charge in [0.2, 0.25) is 0 Å². The average molecular weight is 337 g/mol. The zero-order valence-electron chi connectivity index (χ0n) is 16.8. The Hall–Kier alpha value is -0.590. The number of allylic oxidation sites excluding steroid dienone is 2. The van der Waals surface area contributed by atoms with E-state index >= 15 is 0 Å². The van der Waals surface area contributed by atoms with Gasteiger partial charge in [-0.2, -0.15) is 0 Å². The van der Waals surface area contributed by atoms with E-state index in [0.717, 1.165) is 25.7 Å². The van der Waals surface area contributed by atoms with E-state index in [2.05, 4.69) is 26.0 Å². The third-order valence-electron chi connectivity index (χ3n) is 4.79. The Morgan fingerprint density at radius 1 is 0.542 bits per heavy atom. The largest absolute Gasteiger partial charge is 0.300 e. The quantitative estimate of drug-likeness (QED) is 0.172. The zero-order chi connectivity index (χ0) is 17.7. The summed E-state index contributed by atoms with van der Waals surface area (Å²) in [4.78, 5) is 11.8. The number of rotatable bonds is 19. The van der Waals surface area contributed by atoms with Crippen molar-refractivity contribution < 1.29 is 4.79 Å². The number of Topliss-reactive ketones (excluding diaryl/α,β-unsaturated/α-hetero) is 1. The second-order valence-corrected chi connectivity index (χ2v) is 7.33. The Kier molecular flexibility index (Phi) is 20.0. The minimum Gasteiger partial charge on any atom is -0.300 e. The summed E-state index contributed by atoms with van der Waals surface area (Å²) in [6, 6.07) is 0. The molecule has 0 radical (unpaired) electrons. The number of carbonyl (C=O) groups excluding carboxylic acids is 1. The number of carbonyl (C=O) groups is 1. The van der Waals surface area contributed by atoms with Crippen LogP contribution in [0, 0.1) is 0 Å². The van der Waals surface area contributed by atoms with Crippen LogP contribution in [0.2, 0.25) is 0 Å². The maximum Gasteiger partial charge on any atom is 0.133 e. The molecule has 0 spiro atoms. The molecule has 0 saturated heterocycles. The summed E-state index contributed by atoms with van der Waals surface area (Å²) >= 11 is 0. The van der Waals surface area contributed by atoms with Crippen LogP contribution in [-0.4, -0.2) is 5.78 Å². The molecular formula is C23H44O. The molecule has 0 unspecified atom stereocenters. The predicted molar refractivity (Wildman–Crippen MR) is 109 cm³/mol. The second-order valence-electron chi connectivity index (χ2n) is 7.33. The smallest absolute Gasteiger partial charge is 0.133 e. The van der Waals surface area contributed by atoms with Crippen molar-refractivity contribution in [3.63, 3.8) is 0 Å². The van der Waals surface area contributed by atoms with Crippen LogP contribution in [0.5, 0.6) is 0 Å². The van der Waals surface area contributed by atoms with Crippen molar-refractivity contribution in [1.82, 2.24) is 0 Å². The van der Waals surface area contributed by atoms with Crippen LogP contribution in [0.4, 0.5) is 0 Å². The fraction of sp³-hybridized carbons (Fsp3) is 0.870. The Morgan fingerprint density at radius 2 is 1.00 bits per heavy atom. The molecule has 0 fully saturated rings. The van der Waals surface area contributed by atoms with Crippen molar-refractivity contribution >= 4 is 5.78 Å². The molecule has 24 heavy (non-hydrogen) atoms. The van der Waals surface area contributed by atoms with Crippen molar-refractivity contribution in [2.45, 2.75) is 129 Å². The Balaban J connectivity index is 3.22. The molecule has 1 nitrogen and oxygen atoms in total. The molecule has 0 saturated carbocycles. The Labute approximate surface area is 152 Å². The van der Waals surface area contributed by atoms with E-state index in [4.69, 9.17) is 0 Å². The van der Waals surface area contributed by atoms with Crippen molar-refractivity contribution in [3.8, 4) is 0 Å². The van der Waals surface area contributed by atoms with Crippen LogP contribution in [0.1, 0.15) is 129 Å². The minimum absolute atomic E-state index is 0.463. The number of unbranched alkanes of at least 4 members (excludes halogenated alkanes) is 13. The fourth-order valence-electron chi connectivity index (χ4n) is 3.10. The topological polar surface area (TPSA) is 17.1 Å². The monoisotopic (exact) mass is 336 g/mol. The first-order chi connectivity index (χ1) is 11.8. The van der Waals surface area contributed by atoms with Crippen molar-refractivity contribution in [2.75, 3.05) is 0 Å². The van der Waals surface area contributed by atoms with Gasteiger partial charge in [-0.05, 0) is 25.7 Å².